The number of hydrogen-bond acceptors (Lipinski definition) is 3. The predicted octanol–water partition coefficient (Wildman–Crippen LogP) is 0.461. The van der Waals surface area contributed by atoms with Crippen molar-refractivity contribution in [3.63, 3.8) is 0 Å². The predicted molar refractivity (Wildman–Crippen MR) is 61.9 cm³/mol. The Bertz CT molecular complexity index is 385. The van der Waals surface area contributed by atoms with Crippen molar-refractivity contribution in [2.75, 3.05) is 5.32 Å². The molecule has 0 saturated carbocycles. The normalized spacial score (nSPS) is 11.9. The Labute approximate surface area is 93.8 Å². The second kappa shape index (κ2) is 5.27. The van der Waals surface area contributed by atoms with Crippen LogP contribution in [0.4, 0.5) is 5.69 Å². The molecule has 1 unspecified atom stereocenters. The number of benzene rings is 1. The number of anilines is 1. The zero-order valence-electron chi connectivity index (χ0n) is 9.07. The van der Waals surface area contributed by atoms with E-state index in [0.29, 0.717) is 11.3 Å². The SMILES string of the molecule is CC(N)CC(=O)Nc1ccc(C(N)=O)cc1. The molecule has 0 aliphatic rings. The Hall–Kier alpha value is -1.88. The molecule has 5 N–H and O–H groups in total. The minimum Gasteiger partial charge on any atom is -0.366 e. The molecule has 1 atom stereocenters. The second-order valence-corrected chi connectivity index (χ2v) is 3.67. The zero-order chi connectivity index (χ0) is 12.1. The molecule has 2 amide bonds. The topological polar surface area (TPSA) is 98.2 Å². The van der Waals surface area contributed by atoms with Gasteiger partial charge in [-0.05, 0) is 31.2 Å². The maximum Gasteiger partial charge on any atom is 0.248 e. The summed E-state index contributed by atoms with van der Waals surface area (Å²) in [6, 6.07) is 6.19. The van der Waals surface area contributed by atoms with E-state index in [1.807, 2.05) is 0 Å². The molecule has 0 aliphatic carbocycles. The van der Waals surface area contributed by atoms with Crippen molar-refractivity contribution >= 4 is 17.5 Å². The van der Waals surface area contributed by atoms with Gasteiger partial charge < -0.3 is 16.8 Å². The fourth-order valence-electron chi connectivity index (χ4n) is 1.22. The molecular formula is C11H15N3O2. The summed E-state index contributed by atoms with van der Waals surface area (Å²) in [7, 11) is 0. The van der Waals surface area contributed by atoms with Crippen molar-refractivity contribution in [1.29, 1.82) is 0 Å². The lowest BCUT2D eigenvalue weighted by atomic mass is 10.2. The first kappa shape index (κ1) is 12.2. The van der Waals surface area contributed by atoms with Gasteiger partial charge in [0, 0.05) is 23.7 Å². The number of nitrogens with two attached hydrogens (primary N) is 2. The van der Waals surface area contributed by atoms with Crippen LogP contribution in [0.25, 0.3) is 0 Å². The average Bonchev–Trinajstić information content (AvgIpc) is 2.16. The molecule has 5 nitrogen and oxygen atoms in total. The highest BCUT2D eigenvalue weighted by molar-refractivity contribution is 5.94. The Morgan fingerprint density at radius 3 is 2.31 bits per heavy atom. The van der Waals surface area contributed by atoms with E-state index >= 15 is 0 Å². The minimum atomic E-state index is -0.492. The summed E-state index contributed by atoms with van der Waals surface area (Å²) in [5.74, 6) is -0.643. The second-order valence-electron chi connectivity index (χ2n) is 3.67. The van der Waals surface area contributed by atoms with E-state index in [4.69, 9.17) is 11.5 Å². The summed E-state index contributed by atoms with van der Waals surface area (Å²) in [6.45, 7) is 1.76. The number of primary amides is 1. The average molecular weight is 221 g/mol. The highest BCUT2D eigenvalue weighted by Crippen LogP contribution is 2.09. The molecule has 86 valence electrons. The van der Waals surface area contributed by atoms with Gasteiger partial charge in [-0.25, -0.2) is 0 Å². The molecular weight excluding hydrogens is 206 g/mol. The minimum absolute atomic E-state index is 0.151. The standard InChI is InChI=1S/C11H15N3O2/c1-7(12)6-10(15)14-9-4-2-8(3-5-9)11(13)16/h2-5,7H,6,12H2,1H3,(H2,13,16)(H,14,15). The van der Waals surface area contributed by atoms with E-state index in [1.165, 1.54) is 0 Å². The van der Waals surface area contributed by atoms with Gasteiger partial charge in [-0.1, -0.05) is 0 Å². The number of nitrogens with one attached hydrogen (secondary N) is 1. The third-order valence-corrected chi connectivity index (χ3v) is 1.96. The summed E-state index contributed by atoms with van der Waals surface area (Å²) in [6.07, 6.45) is 0.261. The first-order valence-corrected chi connectivity index (χ1v) is 4.94. The fourth-order valence-corrected chi connectivity index (χ4v) is 1.22. The van der Waals surface area contributed by atoms with Gasteiger partial charge in [0.05, 0.1) is 0 Å². The summed E-state index contributed by atoms with van der Waals surface area (Å²) in [5.41, 5.74) is 11.6. The molecule has 5 heteroatoms. The van der Waals surface area contributed by atoms with Crippen LogP contribution in [0, 0.1) is 0 Å². The molecule has 1 aromatic rings. The van der Waals surface area contributed by atoms with Crippen molar-refractivity contribution in [1.82, 2.24) is 0 Å². The molecule has 0 bridgehead atoms. The van der Waals surface area contributed by atoms with Gasteiger partial charge in [0.25, 0.3) is 0 Å². The smallest absolute Gasteiger partial charge is 0.248 e. The van der Waals surface area contributed by atoms with Crippen molar-refractivity contribution in [3.05, 3.63) is 29.8 Å². The summed E-state index contributed by atoms with van der Waals surface area (Å²) in [5, 5.41) is 2.67. The molecule has 0 saturated heterocycles. The van der Waals surface area contributed by atoms with E-state index < -0.39 is 5.91 Å². The molecule has 0 spiro atoms. The fraction of sp³-hybridized carbons (Fsp3) is 0.273. The van der Waals surface area contributed by atoms with Crippen molar-refractivity contribution in [2.45, 2.75) is 19.4 Å². The van der Waals surface area contributed by atoms with Crippen LogP contribution < -0.4 is 16.8 Å². The Kier molecular flexibility index (Phi) is 4.02. The lowest BCUT2D eigenvalue weighted by molar-refractivity contribution is -0.116. The van der Waals surface area contributed by atoms with Gasteiger partial charge >= 0.3 is 0 Å². The highest BCUT2D eigenvalue weighted by atomic mass is 16.2. The monoisotopic (exact) mass is 221 g/mol. The van der Waals surface area contributed by atoms with Gasteiger partial charge in [0.15, 0.2) is 0 Å². The maximum atomic E-state index is 11.4. The van der Waals surface area contributed by atoms with E-state index in [2.05, 4.69) is 5.32 Å². The van der Waals surface area contributed by atoms with Crippen LogP contribution in [0.1, 0.15) is 23.7 Å². The first-order chi connectivity index (χ1) is 7.49. The van der Waals surface area contributed by atoms with Crippen molar-refractivity contribution < 1.29 is 9.59 Å². The number of carbonyl (C=O) groups excluding carboxylic acids is 2. The molecule has 0 fully saturated rings. The molecule has 16 heavy (non-hydrogen) atoms. The quantitative estimate of drug-likeness (QED) is 0.688. The summed E-state index contributed by atoms with van der Waals surface area (Å²) < 4.78 is 0. The number of hydrogen-bond donors (Lipinski definition) is 3. The zero-order valence-corrected chi connectivity index (χ0v) is 9.07. The van der Waals surface area contributed by atoms with Crippen LogP contribution in [0.5, 0.6) is 0 Å². The Morgan fingerprint density at radius 2 is 1.88 bits per heavy atom. The van der Waals surface area contributed by atoms with E-state index in [-0.39, 0.29) is 18.4 Å². The molecule has 1 aromatic carbocycles. The third-order valence-electron chi connectivity index (χ3n) is 1.96. The number of carbonyl (C=O) groups is 2. The van der Waals surface area contributed by atoms with Crippen LogP contribution >= 0.6 is 0 Å². The van der Waals surface area contributed by atoms with Crippen LogP contribution in [-0.4, -0.2) is 17.9 Å². The van der Waals surface area contributed by atoms with E-state index in [0.717, 1.165) is 0 Å². The third kappa shape index (κ3) is 3.70. The highest BCUT2D eigenvalue weighted by Gasteiger charge is 2.06. The van der Waals surface area contributed by atoms with Gasteiger partial charge in [-0.2, -0.15) is 0 Å². The molecule has 0 aliphatic heterocycles. The molecule has 1 rings (SSSR count). The van der Waals surface area contributed by atoms with Gasteiger partial charge in [-0.3, -0.25) is 9.59 Å². The number of amides is 2. The summed E-state index contributed by atoms with van der Waals surface area (Å²) in [4.78, 5) is 22.2. The summed E-state index contributed by atoms with van der Waals surface area (Å²) >= 11 is 0. The van der Waals surface area contributed by atoms with Crippen molar-refractivity contribution in [2.24, 2.45) is 11.5 Å². The molecule has 0 heterocycles. The van der Waals surface area contributed by atoms with Gasteiger partial charge in [-0.15, -0.1) is 0 Å². The number of rotatable bonds is 4. The van der Waals surface area contributed by atoms with Crippen LogP contribution in [-0.2, 0) is 4.79 Å². The lowest BCUT2D eigenvalue weighted by Crippen LogP contribution is -2.24. The Balaban J connectivity index is 2.62. The lowest BCUT2D eigenvalue weighted by Gasteiger charge is -2.07. The van der Waals surface area contributed by atoms with Crippen molar-refractivity contribution in [3.8, 4) is 0 Å². The van der Waals surface area contributed by atoms with Crippen LogP contribution in [0.3, 0.4) is 0 Å². The first-order valence-electron chi connectivity index (χ1n) is 4.94. The molecule has 0 radical (unpaired) electrons. The Morgan fingerprint density at radius 1 is 1.31 bits per heavy atom. The van der Waals surface area contributed by atoms with Crippen LogP contribution in [0.15, 0.2) is 24.3 Å². The van der Waals surface area contributed by atoms with Crippen LogP contribution in [0.2, 0.25) is 0 Å². The molecule has 0 aromatic heterocycles. The van der Waals surface area contributed by atoms with E-state index in [9.17, 15) is 9.59 Å². The van der Waals surface area contributed by atoms with E-state index in [1.54, 1.807) is 31.2 Å². The largest absolute Gasteiger partial charge is 0.366 e. The maximum absolute atomic E-state index is 11.4. The van der Waals surface area contributed by atoms with Gasteiger partial charge in [0.1, 0.15) is 0 Å². The van der Waals surface area contributed by atoms with Gasteiger partial charge in [0.2, 0.25) is 11.8 Å².